The van der Waals surface area contributed by atoms with E-state index in [0.717, 1.165) is 22.4 Å². The molecule has 2 rings (SSSR count). The van der Waals surface area contributed by atoms with Gasteiger partial charge < -0.3 is 9.88 Å². The van der Waals surface area contributed by atoms with Gasteiger partial charge in [0.05, 0.1) is 6.33 Å². The van der Waals surface area contributed by atoms with Crippen LogP contribution < -0.4 is 5.32 Å². The van der Waals surface area contributed by atoms with Crippen LogP contribution in [-0.2, 0) is 19.6 Å². The monoisotopic (exact) mass is 276 g/mol. The number of aryl methyl sites for hydroxylation is 1. The summed E-state index contributed by atoms with van der Waals surface area (Å²) in [6.45, 7) is 0.518. The summed E-state index contributed by atoms with van der Waals surface area (Å²) in [4.78, 5) is 7.44. The van der Waals surface area contributed by atoms with Crippen LogP contribution >= 0.6 is 11.3 Å². The Morgan fingerprint density at radius 3 is 2.78 bits per heavy atom. The van der Waals surface area contributed by atoms with Crippen molar-refractivity contribution in [2.75, 3.05) is 11.9 Å². The van der Waals surface area contributed by atoms with Crippen molar-refractivity contribution in [1.82, 2.24) is 14.5 Å². The predicted octanol–water partition coefficient (Wildman–Crippen LogP) is 2.55. The Hall–Kier alpha value is -1.57. The highest BCUT2D eigenvalue weighted by molar-refractivity contribution is 7.13. The van der Waals surface area contributed by atoms with Crippen molar-refractivity contribution in [2.24, 2.45) is 7.05 Å². The fourth-order valence-electron chi connectivity index (χ4n) is 1.41. The molecule has 0 bridgehead atoms. The lowest BCUT2D eigenvalue weighted by atomic mass is 10.3. The van der Waals surface area contributed by atoms with Gasteiger partial charge in [-0.1, -0.05) is 0 Å². The lowest BCUT2D eigenvalue weighted by Crippen LogP contribution is -2.09. The minimum atomic E-state index is -4.38. The molecular weight excluding hydrogens is 265 g/mol. The highest BCUT2D eigenvalue weighted by Gasteiger charge is 2.33. The molecule has 18 heavy (non-hydrogen) atoms. The quantitative estimate of drug-likeness (QED) is 0.933. The maximum absolute atomic E-state index is 12.3. The normalized spacial score (nSPS) is 11.8. The molecule has 2 aromatic heterocycles. The van der Waals surface area contributed by atoms with Crippen LogP contribution in [0.5, 0.6) is 0 Å². The third kappa shape index (κ3) is 3.00. The molecule has 0 fully saturated rings. The van der Waals surface area contributed by atoms with Crippen LogP contribution in [0.3, 0.4) is 0 Å². The Kier molecular flexibility index (Phi) is 3.55. The van der Waals surface area contributed by atoms with E-state index in [1.165, 1.54) is 0 Å². The fourth-order valence-corrected chi connectivity index (χ4v) is 2.15. The van der Waals surface area contributed by atoms with Crippen molar-refractivity contribution >= 4 is 16.5 Å². The summed E-state index contributed by atoms with van der Waals surface area (Å²) in [5.41, 5.74) is 0.158. The largest absolute Gasteiger partial charge is 0.434 e. The smallest absolute Gasteiger partial charge is 0.361 e. The van der Waals surface area contributed by atoms with Crippen molar-refractivity contribution < 1.29 is 13.2 Å². The maximum Gasteiger partial charge on any atom is 0.434 e. The zero-order chi connectivity index (χ0) is 13.2. The number of nitrogens with one attached hydrogen (secondary N) is 1. The first kappa shape index (κ1) is 12.9. The van der Waals surface area contributed by atoms with Crippen LogP contribution in [0.2, 0.25) is 0 Å². The van der Waals surface area contributed by atoms with Gasteiger partial charge in [0.25, 0.3) is 0 Å². The van der Waals surface area contributed by atoms with Crippen LogP contribution in [0, 0.1) is 0 Å². The molecule has 2 aromatic rings. The summed E-state index contributed by atoms with van der Waals surface area (Å²) in [5.74, 6) is 0. The molecule has 0 aliphatic heterocycles. The van der Waals surface area contributed by atoms with Gasteiger partial charge in [0.15, 0.2) is 10.8 Å². The van der Waals surface area contributed by atoms with Crippen molar-refractivity contribution in [3.05, 3.63) is 29.3 Å². The summed E-state index contributed by atoms with van der Waals surface area (Å²) in [6, 6.07) is 0. The van der Waals surface area contributed by atoms with E-state index < -0.39 is 11.9 Å². The number of thiazole rings is 1. The average Bonchev–Trinajstić information content (AvgIpc) is 2.88. The predicted molar refractivity (Wildman–Crippen MR) is 62.5 cm³/mol. The third-order valence-electron chi connectivity index (χ3n) is 2.37. The van der Waals surface area contributed by atoms with Gasteiger partial charge in [0, 0.05) is 37.3 Å². The van der Waals surface area contributed by atoms with Gasteiger partial charge in [0.1, 0.15) is 0 Å². The van der Waals surface area contributed by atoms with Crippen molar-refractivity contribution in [3.8, 4) is 0 Å². The number of aromatic nitrogens is 3. The maximum atomic E-state index is 12.3. The second-order valence-corrected chi connectivity index (χ2v) is 4.57. The molecule has 0 amide bonds. The van der Waals surface area contributed by atoms with Gasteiger partial charge in [0.2, 0.25) is 0 Å². The average molecular weight is 276 g/mol. The van der Waals surface area contributed by atoms with Gasteiger partial charge in [-0.3, -0.25) is 0 Å². The molecule has 0 saturated heterocycles. The van der Waals surface area contributed by atoms with E-state index in [2.05, 4.69) is 15.3 Å². The Morgan fingerprint density at radius 2 is 2.22 bits per heavy atom. The molecule has 0 spiro atoms. The fraction of sp³-hybridized carbons (Fsp3) is 0.400. The van der Waals surface area contributed by atoms with Gasteiger partial charge in [-0.15, -0.1) is 11.3 Å². The first-order valence-corrected chi connectivity index (χ1v) is 6.06. The first-order valence-electron chi connectivity index (χ1n) is 5.18. The van der Waals surface area contributed by atoms with Gasteiger partial charge in [-0.25, -0.2) is 9.97 Å². The third-order valence-corrected chi connectivity index (χ3v) is 3.17. The number of hydrogen-bond donors (Lipinski definition) is 1. The lowest BCUT2D eigenvalue weighted by Gasteiger charge is -2.03. The van der Waals surface area contributed by atoms with E-state index in [1.54, 1.807) is 12.5 Å². The SMILES string of the molecule is Cn1cncc1CCNc1nc(C(F)(F)F)cs1. The standard InChI is InChI=1S/C10H11F3N4S/c1-17-6-14-4-7(17)2-3-15-9-16-8(5-18-9)10(11,12)13/h4-6H,2-3H2,1H3,(H,15,16). The van der Waals surface area contributed by atoms with E-state index in [-0.39, 0.29) is 5.13 Å². The summed E-state index contributed by atoms with van der Waals surface area (Å²) in [6.07, 6.45) is -0.291. The zero-order valence-corrected chi connectivity index (χ0v) is 10.3. The molecule has 1 N–H and O–H groups in total. The minimum Gasteiger partial charge on any atom is -0.361 e. The number of anilines is 1. The molecule has 0 aromatic carbocycles. The minimum absolute atomic E-state index is 0.282. The number of halogens is 3. The Bertz CT molecular complexity index is 517. The molecule has 98 valence electrons. The molecule has 2 heterocycles. The van der Waals surface area contributed by atoms with E-state index in [0.29, 0.717) is 13.0 Å². The van der Waals surface area contributed by atoms with Gasteiger partial charge >= 0.3 is 6.18 Å². The molecular formula is C10H11F3N4S. The lowest BCUT2D eigenvalue weighted by molar-refractivity contribution is -0.140. The topological polar surface area (TPSA) is 42.7 Å². The summed E-state index contributed by atoms with van der Waals surface area (Å²) in [5, 5.41) is 4.16. The van der Waals surface area contributed by atoms with E-state index >= 15 is 0 Å². The van der Waals surface area contributed by atoms with Crippen LogP contribution in [0.1, 0.15) is 11.4 Å². The van der Waals surface area contributed by atoms with Crippen LogP contribution in [0.25, 0.3) is 0 Å². The Balaban J connectivity index is 1.88. The number of imidazole rings is 1. The molecule has 8 heteroatoms. The van der Waals surface area contributed by atoms with Gasteiger partial charge in [-0.05, 0) is 0 Å². The van der Waals surface area contributed by atoms with Crippen molar-refractivity contribution in [2.45, 2.75) is 12.6 Å². The van der Waals surface area contributed by atoms with Crippen LogP contribution in [0.15, 0.2) is 17.9 Å². The second-order valence-electron chi connectivity index (χ2n) is 3.71. The van der Waals surface area contributed by atoms with E-state index in [4.69, 9.17) is 0 Å². The summed E-state index contributed by atoms with van der Waals surface area (Å²) < 4.78 is 38.8. The molecule has 0 atom stereocenters. The van der Waals surface area contributed by atoms with E-state index in [9.17, 15) is 13.2 Å². The molecule has 0 unspecified atom stereocenters. The molecule has 0 aliphatic rings. The summed E-state index contributed by atoms with van der Waals surface area (Å²) in [7, 11) is 1.87. The van der Waals surface area contributed by atoms with E-state index in [1.807, 2.05) is 11.6 Å². The second kappa shape index (κ2) is 4.97. The van der Waals surface area contributed by atoms with Crippen LogP contribution in [0.4, 0.5) is 18.3 Å². The van der Waals surface area contributed by atoms with Crippen molar-refractivity contribution in [3.63, 3.8) is 0 Å². The molecule has 4 nitrogen and oxygen atoms in total. The highest BCUT2D eigenvalue weighted by atomic mass is 32.1. The van der Waals surface area contributed by atoms with Crippen LogP contribution in [-0.4, -0.2) is 21.1 Å². The van der Waals surface area contributed by atoms with Gasteiger partial charge in [-0.2, -0.15) is 13.2 Å². The number of nitrogens with zero attached hydrogens (tertiary/aromatic N) is 3. The number of rotatable bonds is 4. The first-order chi connectivity index (χ1) is 8.47. The molecule has 0 aliphatic carbocycles. The number of alkyl halides is 3. The number of hydrogen-bond acceptors (Lipinski definition) is 4. The molecule has 0 radical (unpaired) electrons. The Labute approximate surface area is 105 Å². The summed E-state index contributed by atoms with van der Waals surface area (Å²) >= 11 is 0.953. The molecule has 0 saturated carbocycles. The highest BCUT2D eigenvalue weighted by Crippen LogP contribution is 2.31. The Morgan fingerprint density at radius 1 is 1.44 bits per heavy atom. The zero-order valence-electron chi connectivity index (χ0n) is 9.53. The van der Waals surface area contributed by atoms with Crippen molar-refractivity contribution in [1.29, 1.82) is 0 Å².